The molecule has 2 N–H and O–H groups in total. The van der Waals surface area contributed by atoms with Crippen LogP contribution in [-0.4, -0.2) is 15.1 Å². The first kappa shape index (κ1) is 7.37. The smallest absolute Gasteiger partial charge is 0.196 e. The van der Waals surface area contributed by atoms with Crippen molar-refractivity contribution in [2.75, 3.05) is 0 Å². The summed E-state index contributed by atoms with van der Waals surface area (Å²) in [4.78, 5) is 6.64. The molecule has 1 rings (SSSR count). The number of aromatic amines is 1. The van der Waals surface area contributed by atoms with Crippen LogP contribution in [0.1, 0.15) is 11.3 Å². The van der Waals surface area contributed by atoms with Crippen molar-refractivity contribution in [3.63, 3.8) is 0 Å². The molecule has 0 fully saturated rings. The van der Waals surface area contributed by atoms with Crippen LogP contribution in [0.4, 0.5) is 0 Å². The predicted molar refractivity (Wildman–Crippen MR) is 40.1 cm³/mol. The minimum absolute atomic E-state index is 0.00491. The molecule has 0 saturated carbocycles. The van der Waals surface area contributed by atoms with Gasteiger partial charge >= 0.3 is 0 Å². The average Bonchev–Trinajstić information content (AvgIpc) is 1.88. The van der Waals surface area contributed by atoms with Crippen LogP contribution in [0.15, 0.2) is 6.20 Å². The number of aryl methyl sites for hydroxylation is 1. The molecule has 0 aliphatic heterocycles. The largest absolute Gasteiger partial charge is 0.392 e. The zero-order valence-corrected chi connectivity index (χ0v) is 6.40. The molecule has 0 spiro atoms. The number of nitrogens with one attached hydrogen (secondary N) is 1. The molecule has 10 heavy (non-hydrogen) atoms. The van der Waals surface area contributed by atoms with Gasteiger partial charge in [0, 0.05) is 17.5 Å². The third kappa shape index (κ3) is 1.40. The molecule has 4 heteroatoms. The molecule has 0 atom stereocenters. The van der Waals surface area contributed by atoms with Gasteiger partial charge in [-0.15, -0.1) is 0 Å². The van der Waals surface area contributed by atoms with Crippen LogP contribution >= 0.6 is 12.2 Å². The zero-order chi connectivity index (χ0) is 7.56. The summed E-state index contributed by atoms with van der Waals surface area (Å²) in [5.74, 6) is 0. The van der Waals surface area contributed by atoms with Gasteiger partial charge in [0.05, 0.1) is 6.61 Å². The first-order valence-corrected chi connectivity index (χ1v) is 3.30. The van der Waals surface area contributed by atoms with Crippen LogP contribution < -0.4 is 0 Å². The van der Waals surface area contributed by atoms with Gasteiger partial charge in [-0.1, -0.05) is 0 Å². The van der Waals surface area contributed by atoms with Gasteiger partial charge in [0.2, 0.25) is 0 Å². The molecule has 0 radical (unpaired) electrons. The highest BCUT2D eigenvalue weighted by Gasteiger charge is 1.94. The van der Waals surface area contributed by atoms with Crippen LogP contribution in [0.5, 0.6) is 0 Å². The maximum atomic E-state index is 8.72. The molecule has 1 aromatic rings. The predicted octanol–water partition coefficient (Wildman–Crippen LogP) is 0.940. The van der Waals surface area contributed by atoms with E-state index in [2.05, 4.69) is 9.97 Å². The lowest BCUT2D eigenvalue weighted by Crippen LogP contribution is -1.94. The summed E-state index contributed by atoms with van der Waals surface area (Å²) < 4.78 is 0.453. The highest BCUT2D eigenvalue weighted by atomic mass is 32.1. The number of nitrogens with zero attached hydrogens (tertiary/aromatic N) is 1. The van der Waals surface area contributed by atoms with Gasteiger partial charge in [0.15, 0.2) is 4.77 Å². The van der Waals surface area contributed by atoms with Crippen LogP contribution in [0.2, 0.25) is 0 Å². The van der Waals surface area contributed by atoms with Gasteiger partial charge in [-0.3, -0.25) is 0 Å². The van der Waals surface area contributed by atoms with Crippen molar-refractivity contribution in [3.05, 3.63) is 22.2 Å². The van der Waals surface area contributed by atoms with Crippen LogP contribution in [-0.2, 0) is 6.61 Å². The normalized spacial score (nSPS) is 9.80. The second-order valence-electron chi connectivity index (χ2n) is 2.00. The Morgan fingerprint density at radius 1 is 1.80 bits per heavy atom. The summed E-state index contributed by atoms with van der Waals surface area (Å²) >= 11 is 4.76. The van der Waals surface area contributed by atoms with E-state index in [-0.39, 0.29) is 6.61 Å². The lowest BCUT2D eigenvalue weighted by Gasteiger charge is -1.98. The summed E-state index contributed by atoms with van der Waals surface area (Å²) in [6.45, 7) is 1.86. The van der Waals surface area contributed by atoms with Crippen molar-refractivity contribution in [2.24, 2.45) is 0 Å². The lowest BCUT2D eigenvalue weighted by atomic mass is 10.3. The first-order valence-electron chi connectivity index (χ1n) is 2.89. The lowest BCUT2D eigenvalue weighted by molar-refractivity contribution is 0.280. The van der Waals surface area contributed by atoms with Gasteiger partial charge in [-0.05, 0) is 19.1 Å². The minimum Gasteiger partial charge on any atom is -0.392 e. The van der Waals surface area contributed by atoms with E-state index in [1.165, 1.54) is 0 Å². The molecule has 0 aromatic carbocycles. The molecule has 1 heterocycles. The average molecular weight is 156 g/mol. The molecule has 3 nitrogen and oxygen atoms in total. The van der Waals surface area contributed by atoms with E-state index >= 15 is 0 Å². The van der Waals surface area contributed by atoms with Crippen LogP contribution in [0.25, 0.3) is 0 Å². The summed E-state index contributed by atoms with van der Waals surface area (Å²) in [6.07, 6.45) is 1.58. The minimum atomic E-state index is 0.00491. The number of hydrogen-bond acceptors (Lipinski definition) is 3. The summed E-state index contributed by atoms with van der Waals surface area (Å²) in [5, 5.41) is 8.72. The first-order chi connectivity index (χ1) is 4.74. The summed E-state index contributed by atoms with van der Waals surface area (Å²) in [6, 6.07) is 0. The van der Waals surface area contributed by atoms with E-state index in [1.807, 2.05) is 6.92 Å². The molecule has 0 bridgehead atoms. The Kier molecular flexibility index (Phi) is 2.13. The molecule has 0 unspecified atom stereocenters. The number of rotatable bonds is 1. The number of aliphatic hydroxyl groups is 1. The van der Waals surface area contributed by atoms with Crippen molar-refractivity contribution < 1.29 is 5.11 Å². The maximum Gasteiger partial charge on any atom is 0.196 e. The Hall–Kier alpha value is -0.740. The van der Waals surface area contributed by atoms with E-state index in [9.17, 15) is 0 Å². The van der Waals surface area contributed by atoms with E-state index in [4.69, 9.17) is 17.3 Å². The fourth-order valence-electron chi connectivity index (χ4n) is 0.666. The fourth-order valence-corrected chi connectivity index (χ4v) is 0.872. The molecule has 0 amide bonds. The third-order valence-corrected chi connectivity index (χ3v) is 1.49. The van der Waals surface area contributed by atoms with Crippen LogP contribution in [0, 0.1) is 11.7 Å². The molecule has 1 aromatic heterocycles. The Labute approximate surface area is 63.8 Å². The van der Waals surface area contributed by atoms with Gasteiger partial charge < -0.3 is 10.1 Å². The topological polar surface area (TPSA) is 48.9 Å². The van der Waals surface area contributed by atoms with Gasteiger partial charge in [-0.25, -0.2) is 4.98 Å². The Balaban J connectivity index is 3.19. The summed E-state index contributed by atoms with van der Waals surface area (Å²) in [7, 11) is 0. The highest BCUT2D eigenvalue weighted by Crippen LogP contribution is 2.00. The number of H-pyrrole nitrogens is 1. The van der Waals surface area contributed by atoms with Crippen molar-refractivity contribution in [2.45, 2.75) is 13.5 Å². The van der Waals surface area contributed by atoms with Crippen molar-refractivity contribution in [1.82, 2.24) is 9.97 Å². The SMILES string of the molecule is Cc1[nH]c(=S)ncc1CO. The molecule has 0 saturated heterocycles. The number of aliphatic hydroxyl groups excluding tert-OH is 1. The monoisotopic (exact) mass is 156 g/mol. The standard InChI is InChI=1S/C6H8N2OS/c1-4-5(3-9)2-7-6(10)8-4/h2,9H,3H2,1H3,(H,7,8,10). The number of hydrogen-bond donors (Lipinski definition) is 2. The molecule has 0 aliphatic carbocycles. The van der Waals surface area contributed by atoms with Gasteiger partial charge in [-0.2, -0.15) is 0 Å². The van der Waals surface area contributed by atoms with E-state index < -0.39 is 0 Å². The van der Waals surface area contributed by atoms with Gasteiger partial charge in [0.1, 0.15) is 0 Å². The van der Waals surface area contributed by atoms with Crippen molar-refractivity contribution in [1.29, 1.82) is 0 Å². The van der Waals surface area contributed by atoms with E-state index in [0.29, 0.717) is 4.77 Å². The van der Waals surface area contributed by atoms with Crippen LogP contribution in [0.3, 0.4) is 0 Å². The van der Waals surface area contributed by atoms with E-state index in [0.717, 1.165) is 11.3 Å². The molecular formula is C6H8N2OS. The quantitative estimate of drug-likeness (QED) is 0.595. The Bertz CT molecular complexity index is 281. The number of aromatic nitrogens is 2. The van der Waals surface area contributed by atoms with Crippen molar-refractivity contribution >= 4 is 12.2 Å². The Morgan fingerprint density at radius 2 is 2.50 bits per heavy atom. The zero-order valence-electron chi connectivity index (χ0n) is 5.59. The third-order valence-electron chi connectivity index (χ3n) is 1.28. The fraction of sp³-hybridized carbons (Fsp3) is 0.333. The van der Waals surface area contributed by atoms with Crippen molar-refractivity contribution in [3.8, 4) is 0 Å². The molecular weight excluding hydrogens is 148 g/mol. The van der Waals surface area contributed by atoms with E-state index in [1.54, 1.807) is 6.20 Å². The second kappa shape index (κ2) is 2.90. The molecule has 54 valence electrons. The highest BCUT2D eigenvalue weighted by molar-refractivity contribution is 7.71. The molecule has 0 aliphatic rings. The van der Waals surface area contributed by atoms with Gasteiger partial charge in [0.25, 0.3) is 0 Å². The second-order valence-corrected chi connectivity index (χ2v) is 2.38. The Morgan fingerprint density at radius 3 is 3.00 bits per heavy atom. The maximum absolute atomic E-state index is 8.72. The summed E-state index contributed by atoms with van der Waals surface area (Å²) in [5.41, 5.74) is 1.66.